The minimum absolute atomic E-state index is 0.299. The lowest BCUT2D eigenvalue weighted by Gasteiger charge is -2.13. The topological polar surface area (TPSA) is 72.5 Å². The average Bonchev–Trinajstić information content (AvgIpc) is 2.15. The number of carbonyl (C=O) groups excluding carboxylic acids is 3. The van der Waals surface area contributed by atoms with E-state index in [-0.39, 0.29) is 5.91 Å². The van der Waals surface area contributed by atoms with Crippen molar-refractivity contribution in [2.75, 3.05) is 18.6 Å². The van der Waals surface area contributed by atoms with Gasteiger partial charge in [0.25, 0.3) is 0 Å². The molecule has 0 spiro atoms. The minimum atomic E-state index is -0.678. The Balaban J connectivity index is 4.03. The van der Waals surface area contributed by atoms with Gasteiger partial charge >= 0.3 is 5.97 Å². The van der Waals surface area contributed by atoms with Crippen LogP contribution in [0.1, 0.15) is 6.92 Å². The maximum Gasteiger partial charge on any atom is 0.329 e. The van der Waals surface area contributed by atoms with E-state index >= 15 is 0 Å². The molecule has 0 radical (unpaired) electrons. The minimum Gasteiger partial charge on any atom is -0.467 e. The predicted octanol–water partition coefficient (Wildman–Crippen LogP) is -0.404. The van der Waals surface area contributed by atoms with Gasteiger partial charge in [0.1, 0.15) is 12.3 Å². The van der Waals surface area contributed by atoms with Gasteiger partial charge in [0, 0.05) is 18.4 Å². The van der Waals surface area contributed by atoms with E-state index in [0.29, 0.717) is 11.5 Å². The molecular weight excluding hydrogens is 206 g/mol. The lowest BCUT2D eigenvalue weighted by molar-refractivity contribution is -0.144. The molecule has 5 nitrogen and oxygen atoms in total. The molecule has 1 unspecified atom stereocenters. The number of hydrogen-bond acceptors (Lipinski definition) is 5. The monoisotopic (exact) mass is 219 g/mol. The molecule has 1 atom stereocenters. The SMILES string of the molecule is COC(=O)C(CSCC=O)NC(C)=O. The zero-order chi connectivity index (χ0) is 11.0. The van der Waals surface area contributed by atoms with Gasteiger partial charge in [0.2, 0.25) is 5.91 Å². The first-order valence-corrected chi connectivity index (χ1v) is 5.13. The molecule has 0 aliphatic carbocycles. The first kappa shape index (κ1) is 13.0. The molecule has 0 saturated heterocycles. The van der Waals surface area contributed by atoms with Crippen molar-refractivity contribution in [2.24, 2.45) is 0 Å². The molecular formula is C8H13NO4S. The molecule has 0 heterocycles. The van der Waals surface area contributed by atoms with Crippen LogP contribution in [0, 0.1) is 0 Å². The maximum atomic E-state index is 11.1. The van der Waals surface area contributed by atoms with Gasteiger partial charge in [0.15, 0.2) is 0 Å². The van der Waals surface area contributed by atoms with Crippen molar-refractivity contribution in [1.82, 2.24) is 5.32 Å². The second-order valence-electron chi connectivity index (χ2n) is 2.48. The average molecular weight is 219 g/mol. The first-order valence-electron chi connectivity index (χ1n) is 3.98. The van der Waals surface area contributed by atoms with E-state index in [9.17, 15) is 14.4 Å². The van der Waals surface area contributed by atoms with Crippen LogP contribution < -0.4 is 5.32 Å². The Morgan fingerprint density at radius 2 is 2.21 bits per heavy atom. The number of hydrogen-bond donors (Lipinski definition) is 1. The standard InChI is InChI=1S/C8H13NO4S/c1-6(11)9-7(8(12)13-2)5-14-4-3-10/h3,7H,4-5H2,1-2H3,(H,9,11). The molecule has 14 heavy (non-hydrogen) atoms. The van der Waals surface area contributed by atoms with E-state index in [1.54, 1.807) is 0 Å². The van der Waals surface area contributed by atoms with Crippen LogP contribution in [0.5, 0.6) is 0 Å². The van der Waals surface area contributed by atoms with E-state index < -0.39 is 12.0 Å². The van der Waals surface area contributed by atoms with Crippen LogP contribution >= 0.6 is 11.8 Å². The van der Waals surface area contributed by atoms with Crippen LogP contribution in [0.3, 0.4) is 0 Å². The summed E-state index contributed by atoms with van der Waals surface area (Å²) in [4.78, 5) is 31.8. The van der Waals surface area contributed by atoms with Crippen LogP contribution in [-0.2, 0) is 19.1 Å². The Morgan fingerprint density at radius 3 is 2.64 bits per heavy atom. The molecule has 0 aromatic rings. The second-order valence-corrected chi connectivity index (χ2v) is 3.56. The van der Waals surface area contributed by atoms with Crippen molar-refractivity contribution in [3.05, 3.63) is 0 Å². The van der Waals surface area contributed by atoms with Crippen molar-refractivity contribution in [3.8, 4) is 0 Å². The summed E-state index contributed by atoms with van der Waals surface area (Å²) in [7, 11) is 1.25. The van der Waals surface area contributed by atoms with Crippen LogP contribution in [0.4, 0.5) is 0 Å². The molecule has 1 N–H and O–H groups in total. The fourth-order valence-electron chi connectivity index (χ4n) is 0.790. The summed E-state index contributed by atoms with van der Waals surface area (Å²) < 4.78 is 4.49. The Labute approximate surface area is 86.6 Å². The summed E-state index contributed by atoms with van der Waals surface area (Å²) in [5.74, 6) is -0.163. The Bertz CT molecular complexity index is 219. The third-order valence-electron chi connectivity index (χ3n) is 1.33. The van der Waals surface area contributed by atoms with Crippen molar-refractivity contribution >= 4 is 29.9 Å². The number of ether oxygens (including phenoxy) is 1. The third kappa shape index (κ3) is 5.58. The van der Waals surface area contributed by atoms with E-state index in [4.69, 9.17) is 0 Å². The Kier molecular flexibility index (Phi) is 6.82. The van der Waals surface area contributed by atoms with Crippen molar-refractivity contribution in [2.45, 2.75) is 13.0 Å². The van der Waals surface area contributed by atoms with Crippen LogP contribution in [0.2, 0.25) is 0 Å². The molecule has 0 bridgehead atoms. The fraction of sp³-hybridized carbons (Fsp3) is 0.625. The third-order valence-corrected chi connectivity index (χ3v) is 2.27. The highest BCUT2D eigenvalue weighted by molar-refractivity contribution is 7.99. The summed E-state index contributed by atoms with van der Waals surface area (Å²) in [6.07, 6.45) is 0.743. The quantitative estimate of drug-likeness (QED) is 0.374. The van der Waals surface area contributed by atoms with Gasteiger partial charge in [-0.05, 0) is 0 Å². The summed E-state index contributed by atoms with van der Waals surface area (Å²) in [5, 5.41) is 2.44. The maximum absolute atomic E-state index is 11.1. The van der Waals surface area contributed by atoms with Gasteiger partial charge in [-0.3, -0.25) is 4.79 Å². The van der Waals surface area contributed by atoms with Gasteiger partial charge in [-0.2, -0.15) is 11.8 Å². The highest BCUT2D eigenvalue weighted by Crippen LogP contribution is 2.02. The number of thioether (sulfide) groups is 1. The van der Waals surface area contributed by atoms with Crippen LogP contribution in [0.15, 0.2) is 0 Å². The van der Waals surface area contributed by atoms with Crippen molar-refractivity contribution in [1.29, 1.82) is 0 Å². The van der Waals surface area contributed by atoms with E-state index in [1.165, 1.54) is 25.8 Å². The number of rotatable bonds is 6. The van der Waals surface area contributed by atoms with E-state index in [2.05, 4.69) is 10.1 Å². The highest BCUT2D eigenvalue weighted by Gasteiger charge is 2.19. The van der Waals surface area contributed by atoms with Gasteiger partial charge < -0.3 is 14.8 Å². The largest absolute Gasteiger partial charge is 0.467 e. The predicted molar refractivity (Wildman–Crippen MR) is 53.0 cm³/mol. The summed E-state index contributed by atoms with van der Waals surface area (Å²) in [5.41, 5.74) is 0. The molecule has 0 aliphatic rings. The number of esters is 1. The Hall–Kier alpha value is -1.04. The van der Waals surface area contributed by atoms with Crippen molar-refractivity contribution in [3.63, 3.8) is 0 Å². The molecule has 80 valence electrons. The van der Waals surface area contributed by atoms with Crippen LogP contribution in [0.25, 0.3) is 0 Å². The number of carbonyl (C=O) groups is 3. The number of nitrogens with one attached hydrogen (secondary N) is 1. The van der Waals surface area contributed by atoms with Gasteiger partial charge in [-0.15, -0.1) is 0 Å². The van der Waals surface area contributed by atoms with E-state index in [0.717, 1.165) is 6.29 Å². The zero-order valence-corrected chi connectivity index (χ0v) is 8.93. The van der Waals surface area contributed by atoms with Gasteiger partial charge in [-0.25, -0.2) is 4.79 Å². The molecule has 0 aromatic heterocycles. The van der Waals surface area contributed by atoms with E-state index in [1.807, 2.05) is 0 Å². The van der Waals surface area contributed by atoms with Gasteiger partial charge in [0.05, 0.1) is 7.11 Å². The first-order chi connectivity index (χ1) is 6.61. The second kappa shape index (κ2) is 7.37. The van der Waals surface area contributed by atoms with Gasteiger partial charge in [-0.1, -0.05) is 0 Å². The van der Waals surface area contributed by atoms with Crippen molar-refractivity contribution < 1.29 is 19.1 Å². The highest BCUT2D eigenvalue weighted by atomic mass is 32.2. The normalized spacial score (nSPS) is 11.6. The zero-order valence-electron chi connectivity index (χ0n) is 8.11. The number of amides is 1. The lowest BCUT2D eigenvalue weighted by Crippen LogP contribution is -2.42. The number of methoxy groups -OCH3 is 1. The summed E-state index contributed by atoms with van der Waals surface area (Å²) in [6, 6.07) is -0.678. The number of aldehydes is 1. The molecule has 0 fully saturated rings. The Morgan fingerprint density at radius 1 is 1.57 bits per heavy atom. The molecule has 0 aliphatic heterocycles. The summed E-state index contributed by atoms with van der Waals surface area (Å²) >= 11 is 1.26. The summed E-state index contributed by atoms with van der Waals surface area (Å²) in [6.45, 7) is 1.32. The molecule has 0 aromatic carbocycles. The van der Waals surface area contributed by atoms with Crippen LogP contribution in [-0.4, -0.2) is 42.8 Å². The molecule has 0 saturated carbocycles. The fourth-order valence-corrected chi connectivity index (χ4v) is 1.48. The molecule has 0 rings (SSSR count). The molecule has 1 amide bonds. The lowest BCUT2D eigenvalue weighted by atomic mass is 10.3. The molecule has 6 heteroatoms. The smallest absolute Gasteiger partial charge is 0.329 e.